The van der Waals surface area contributed by atoms with Gasteiger partial charge in [-0.2, -0.15) is 0 Å². The summed E-state index contributed by atoms with van der Waals surface area (Å²) in [7, 11) is 0. The van der Waals surface area contributed by atoms with Crippen molar-refractivity contribution < 1.29 is 9.53 Å². The molecule has 2 heterocycles. The van der Waals surface area contributed by atoms with Gasteiger partial charge in [-0.15, -0.1) is 11.3 Å². The summed E-state index contributed by atoms with van der Waals surface area (Å²) < 4.78 is 5.92. The third-order valence-electron chi connectivity index (χ3n) is 4.79. The third kappa shape index (κ3) is 5.05. The Morgan fingerprint density at radius 2 is 2.12 bits per heavy atom. The zero-order valence-corrected chi connectivity index (χ0v) is 15.8. The van der Waals surface area contributed by atoms with Crippen molar-refractivity contribution in [1.82, 2.24) is 9.88 Å². The van der Waals surface area contributed by atoms with Gasteiger partial charge in [0, 0.05) is 30.3 Å². The molecule has 0 radical (unpaired) electrons. The Labute approximate surface area is 153 Å². The molecule has 1 atom stereocenters. The molecule has 1 aliphatic rings. The molecule has 4 nitrogen and oxygen atoms in total. The van der Waals surface area contributed by atoms with Crippen LogP contribution in [0.5, 0.6) is 5.75 Å². The van der Waals surface area contributed by atoms with Gasteiger partial charge in [0.05, 0.1) is 17.8 Å². The third-order valence-corrected chi connectivity index (χ3v) is 5.78. The van der Waals surface area contributed by atoms with Gasteiger partial charge in [-0.1, -0.05) is 17.7 Å². The van der Waals surface area contributed by atoms with Gasteiger partial charge in [-0.3, -0.25) is 4.79 Å². The van der Waals surface area contributed by atoms with Crippen molar-refractivity contribution in [3.63, 3.8) is 0 Å². The van der Waals surface area contributed by atoms with Crippen molar-refractivity contribution in [3.05, 3.63) is 45.9 Å². The summed E-state index contributed by atoms with van der Waals surface area (Å²) in [6, 6.07) is 8.15. The summed E-state index contributed by atoms with van der Waals surface area (Å²) >= 11 is 1.64. The van der Waals surface area contributed by atoms with Gasteiger partial charge in [0.1, 0.15) is 5.75 Å². The molecular weight excluding hydrogens is 332 g/mol. The number of aryl methyl sites for hydroxylation is 3. The molecule has 3 rings (SSSR count). The van der Waals surface area contributed by atoms with Gasteiger partial charge in [0.25, 0.3) is 0 Å². The van der Waals surface area contributed by atoms with E-state index in [-0.39, 0.29) is 5.91 Å². The van der Waals surface area contributed by atoms with Crippen LogP contribution in [0.4, 0.5) is 0 Å². The summed E-state index contributed by atoms with van der Waals surface area (Å²) in [5.41, 5.74) is 4.15. The van der Waals surface area contributed by atoms with Crippen LogP contribution in [-0.2, 0) is 11.2 Å². The molecular formula is C20H26N2O2S. The number of carbonyl (C=O) groups is 1. The highest BCUT2D eigenvalue weighted by Gasteiger charge is 2.24. The molecule has 0 aliphatic carbocycles. The van der Waals surface area contributed by atoms with Gasteiger partial charge in [-0.25, -0.2) is 4.98 Å². The van der Waals surface area contributed by atoms with Crippen LogP contribution >= 0.6 is 11.3 Å². The van der Waals surface area contributed by atoms with Crippen LogP contribution in [0, 0.1) is 19.8 Å². The first-order chi connectivity index (χ1) is 12.1. The van der Waals surface area contributed by atoms with Gasteiger partial charge in [0.2, 0.25) is 5.91 Å². The first-order valence-corrected chi connectivity index (χ1v) is 9.86. The van der Waals surface area contributed by atoms with Crippen molar-refractivity contribution in [2.45, 2.75) is 39.5 Å². The lowest BCUT2D eigenvalue weighted by atomic mass is 9.98. The largest absolute Gasteiger partial charge is 0.493 e. The number of thiazole rings is 1. The molecule has 1 unspecified atom stereocenters. The minimum absolute atomic E-state index is 0.257. The summed E-state index contributed by atoms with van der Waals surface area (Å²) in [5.74, 6) is 1.59. The number of aromatic nitrogens is 1. The topological polar surface area (TPSA) is 42.4 Å². The van der Waals surface area contributed by atoms with E-state index in [9.17, 15) is 4.79 Å². The van der Waals surface area contributed by atoms with Crippen LogP contribution < -0.4 is 4.74 Å². The van der Waals surface area contributed by atoms with Crippen LogP contribution in [0.1, 0.15) is 35.4 Å². The number of hydrogen-bond donors (Lipinski definition) is 0. The first-order valence-electron chi connectivity index (χ1n) is 8.98. The van der Waals surface area contributed by atoms with E-state index in [1.807, 2.05) is 29.5 Å². The van der Waals surface area contributed by atoms with Crippen LogP contribution in [0.15, 0.2) is 29.8 Å². The second-order valence-corrected chi connectivity index (χ2v) is 7.77. The fraction of sp³-hybridized carbons (Fsp3) is 0.500. The lowest BCUT2D eigenvalue weighted by Gasteiger charge is -2.32. The van der Waals surface area contributed by atoms with Crippen LogP contribution in [0.3, 0.4) is 0 Å². The number of carbonyl (C=O) groups excluding carboxylic acids is 1. The molecule has 1 aromatic carbocycles. The van der Waals surface area contributed by atoms with Crippen molar-refractivity contribution in [1.29, 1.82) is 0 Å². The number of likely N-dealkylation sites (tertiary alicyclic amines) is 1. The molecule has 0 spiro atoms. The highest BCUT2D eigenvalue weighted by Crippen LogP contribution is 2.21. The maximum absolute atomic E-state index is 12.5. The van der Waals surface area contributed by atoms with E-state index in [2.05, 4.69) is 24.0 Å². The van der Waals surface area contributed by atoms with Crippen LogP contribution in [-0.4, -0.2) is 35.5 Å². The van der Waals surface area contributed by atoms with E-state index < -0.39 is 0 Å². The zero-order chi connectivity index (χ0) is 17.6. The average Bonchev–Trinajstić information content (AvgIpc) is 3.04. The maximum atomic E-state index is 12.5. The average molecular weight is 359 g/mol. The summed E-state index contributed by atoms with van der Waals surface area (Å²) in [5, 5.41) is 0. The number of ether oxygens (including phenoxy) is 1. The molecule has 25 heavy (non-hydrogen) atoms. The van der Waals surface area contributed by atoms with Crippen LogP contribution in [0.25, 0.3) is 0 Å². The SMILES string of the molecule is Cc1ccc(OCC2CCCN(C(=O)CCc3scnc3C)C2)cc1. The van der Waals surface area contributed by atoms with Crippen molar-refractivity contribution in [3.8, 4) is 5.75 Å². The van der Waals surface area contributed by atoms with Gasteiger partial charge in [-0.05, 0) is 45.2 Å². The van der Waals surface area contributed by atoms with E-state index in [0.29, 0.717) is 18.9 Å². The number of amides is 1. The fourth-order valence-electron chi connectivity index (χ4n) is 3.22. The number of benzene rings is 1. The lowest BCUT2D eigenvalue weighted by molar-refractivity contribution is -0.133. The molecule has 1 fully saturated rings. The molecule has 1 aliphatic heterocycles. The molecule has 1 amide bonds. The molecule has 1 aromatic heterocycles. The molecule has 134 valence electrons. The van der Waals surface area contributed by atoms with Gasteiger partial charge < -0.3 is 9.64 Å². The predicted molar refractivity (Wildman–Crippen MR) is 101 cm³/mol. The summed E-state index contributed by atoms with van der Waals surface area (Å²) in [6.45, 7) is 6.45. The van der Waals surface area contributed by atoms with E-state index in [4.69, 9.17) is 4.74 Å². The summed E-state index contributed by atoms with van der Waals surface area (Å²) in [6.07, 6.45) is 3.57. The zero-order valence-electron chi connectivity index (χ0n) is 15.0. The number of piperidine rings is 1. The lowest BCUT2D eigenvalue weighted by Crippen LogP contribution is -2.41. The molecule has 5 heteroatoms. The number of nitrogens with zero attached hydrogens (tertiary/aromatic N) is 2. The summed E-state index contributed by atoms with van der Waals surface area (Å²) in [4.78, 5) is 20.0. The first kappa shape index (κ1) is 17.9. The molecule has 0 N–H and O–H groups in total. The van der Waals surface area contributed by atoms with Crippen molar-refractivity contribution >= 4 is 17.2 Å². The van der Waals surface area contributed by atoms with Crippen molar-refractivity contribution in [2.75, 3.05) is 19.7 Å². The minimum Gasteiger partial charge on any atom is -0.493 e. The smallest absolute Gasteiger partial charge is 0.222 e. The number of rotatable bonds is 6. The Morgan fingerprint density at radius 3 is 2.84 bits per heavy atom. The normalized spacial score (nSPS) is 17.5. The second-order valence-electron chi connectivity index (χ2n) is 6.83. The second kappa shape index (κ2) is 8.48. The van der Waals surface area contributed by atoms with E-state index in [0.717, 1.165) is 43.8 Å². The quantitative estimate of drug-likeness (QED) is 0.783. The minimum atomic E-state index is 0.257. The molecule has 0 saturated carbocycles. The van der Waals surface area contributed by atoms with E-state index >= 15 is 0 Å². The highest BCUT2D eigenvalue weighted by molar-refractivity contribution is 7.09. The highest BCUT2D eigenvalue weighted by atomic mass is 32.1. The Kier molecular flexibility index (Phi) is 6.08. The Balaban J connectivity index is 1.46. The molecule has 2 aromatic rings. The Bertz CT molecular complexity index is 696. The fourth-order valence-corrected chi connectivity index (χ4v) is 4.00. The number of hydrogen-bond acceptors (Lipinski definition) is 4. The monoisotopic (exact) mass is 358 g/mol. The standard InChI is InChI=1S/C20H26N2O2S/c1-15-5-7-18(8-6-15)24-13-17-4-3-11-22(12-17)20(23)10-9-19-16(2)21-14-25-19/h5-8,14,17H,3-4,9-13H2,1-2H3. The molecule has 1 saturated heterocycles. The van der Waals surface area contributed by atoms with E-state index in [1.165, 1.54) is 10.4 Å². The predicted octanol–water partition coefficient (Wildman–Crippen LogP) is 4.01. The van der Waals surface area contributed by atoms with Gasteiger partial charge >= 0.3 is 0 Å². The Morgan fingerprint density at radius 1 is 1.32 bits per heavy atom. The Hall–Kier alpha value is -1.88. The van der Waals surface area contributed by atoms with Crippen molar-refractivity contribution in [2.24, 2.45) is 5.92 Å². The van der Waals surface area contributed by atoms with E-state index in [1.54, 1.807) is 11.3 Å². The molecule has 0 bridgehead atoms. The van der Waals surface area contributed by atoms with Crippen LogP contribution in [0.2, 0.25) is 0 Å². The van der Waals surface area contributed by atoms with Gasteiger partial charge in [0.15, 0.2) is 0 Å². The maximum Gasteiger partial charge on any atom is 0.222 e.